The quantitative estimate of drug-likeness (QED) is 0.601. The van der Waals surface area contributed by atoms with Gasteiger partial charge in [0.25, 0.3) is 0 Å². The summed E-state index contributed by atoms with van der Waals surface area (Å²) in [5.74, 6) is 0.125. The Hall–Kier alpha value is -3.07. The van der Waals surface area contributed by atoms with Crippen LogP contribution in [0.4, 0.5) is 4.39 Å². The molecule has 2 aromatic heterocycles. The van der Waals surface area contributed by atoms with Gasteiger partial charge in [0.15, 0.2) is 5.78 Å². The van der Waals surface area contributed by atoms with Crippen LogP contribution < -0.4 is 10.1 Å². The number of carbonyl (C=O) groups is 2. The first-order valence-electron chi connectivity index (χ1n) is 9.19. The monoisotopic (exact) mass is 414 g/mol. The molecule has 0 radical (unpaired) electrons. The molecule has 3 heterocycles. The number of ketones is 1. The number of amides is 1. The van der Waals surface area contributed by atoms with Gasteiger partial charge in [-0.1, -0.05) is 0 Å². The van der Waals surface area contributed by atoms with E-state index in [1.807, 2.05) is 0 Å². The summed E-state index contributed by atoms with van der Waals surface area (Å²) in [5, 5.41) is 6.81. The van der Waals surface area contributed by atoms with Gasteiger partial charge in [-0.2, -0.15) is 5.10 Å². The van der Waals surface area contributed by atoms with Crippen molar-refractivity contribution in [2.24, 2.45) is 0 Å². The Bertz CT molecular complexity index is 1050. The Morgan fingerprint density at radius 3 is 2.97 bits per heavy atom. The van der Waals surface area contributed by atoms with Crippen molar-refractivity contribution in [2.45, 2.75) is 32.4 Å². The molecule has 1 unspecified atom stereocenters. The first-order chi connectivity index (χ1) is 14.0. The number of aromatic nitrogens is 3. The van der Waals surface area contributed by atoms with E-state index in [-0.39, 0.29) is 30.0 Å². The second-order valence-corrected chi connectivity index (χ2v) is 7.90. The number of rotatable bonds is 7. The highest BCUT2D eigenvalue weighted by molar-refractivity contribution is 7.17. The highest BCUT2D eigenvalue weighted by atomic mass is 32.1. The summed E-state index contributed by atoms with van der Waals surface area (Å²) >= 11 is 1.31. The van der Waals surface area contributed by atoms with Crippen LogP contribution in [0.1, 0.15) is 28.6 Å². The molecule has 0 saturated carbocycles. The molecule has 4 rings (SSSR count). The van der Waals surface area contributed by atoms with E-state index in [4.69, 9.17) is 4.74 Å². The molecule has 1 atom stereocenters. The van der Waals surface area contributed by atoms with Gasteiger partial charge in [0.05, 0.1) is 18.0 Å². The van der Waals surface area contributed by atoms with E-state index in [0.29, 0.717) is 35.7 Å². The lowest BCUT2D eigenvalue weighted by Crippen LogP contribution is -2.34. The van der Waals surface area contributed by atoms with E-state index in [0.717, 1.165) is 10.4 Å². The van der Waals surface area contributed by atoms with E-state index >= 15 is 0 Å². The molecule has 0 saturated heterocycles. The molecule has 7 nitrogen and oxygen atoms in total. The summed E-state index contributed by atoms with van der Waals surface area (Å²) in [6.07, 6.45) is 3.50. The second kappa shape index (κ2) is 8.12. The van der Waals surface area contributed by atoms with Gasteiger partial charge in [-0.15, -0.1) is 11.3 Å². The number of carbonyl (C=O) groups excluding carboxylic acids is 2. The number of benzene rings is 1. The third-order valence-corrected chi connectivity index (χ3v) is 5.86. The second-order valence-electron chi connectivity index (χ2n) is 6.82. The fourth-order valence-electron chi connectivity index (χ4n) is 3.24. The lowest BCUT2D eigenvalue weighted by Gasteiger charge is -2.13. The minimum absolute atomic E-state index is 0.0262. The molecule has 29 heavy (non-hydrogen) atoms. The Balaban J connectivity index is 1.41. The topological polar surface area (TPSA) is 86.1 Å². The van der Waals surface area contributed by atoms with Crippen molar-refractivity contribution in [1.82, 2.24) is 20.1 Å². The predicted molar refractivity (Wildman–Crippen MR) is 105 cm³/mol. The summed E-state index contributed by atoms with van der Waals surface area (Å²) in [6, 6.07) is 6.43. The minimum Gasteiger partial charge on any atom is -0.487 e. The molecule has 0 spiro atoms. The van der Waals surface area contributed by atoms with Gasteiger partial charge in [-0.25, -0.2) is 9.37 Å². The van der Waals surface area contributed by atoms with E-state index in [1.54, 1.807) is 23.1 Å². The highest BCUT2D eigenvalue weighted by Crippen LogP contribution is 2.42. The van der Waals surface area contributed by atoms with Gasteiger partial charge >= 0.3 is 0 Å². The van der Waals surface area contributed by atoms with Crippen LogP contribution >= 0.6 is 11.3 Å². The van der Waals surface area contributed by atoms with Gasteiger partial charge in [-0.3, -0.25) is 14.3 Å². The first-order valence-corrected chi connectivity index (χ1v) is 10.0. The number of nitrogens with one attached hydrogen (secondary N) is 1. The summed E-state index contributed by atoms with van der Waals surface area (Å²) < 4.78 is 21.8. The first kappa shape index (κ1) is 19.3. The molecule has 0 fully saturated rings. The van der Waals surface area contributed by atoms with Gasteiger partial charge in [0, 0.05) is 28.8 Å². The summed E-state index contributed by atoms with van der Waals surface area (Å²) in [7, 11) is 0. The zero-order valence-corrected chi connectivity index (χ0v) is 16.5. The lowest BCUT2D eigenvalue weighted by molar-refractivity contribution is -0.121. The molecular formula is C20H19FN4O3S. The summed E-state index contributed by atoms with van der Waals surface area (Å²) in [5.41, 5.74) is 1.40. The number of aryl methyl sites for hydroxylation is 1. The average molecular weight is 414 g/mol. The van der Waals surface area contributed by atoms with E-state index in [1.165, 1.54) is 36.7 Å². The maximum absolute atomic E-state index is 14.1. The van der Waals surface area contributed by atoms with E-state index in [9.17, 15) is 14.0 Å². The fourth-order valence-corrected chi connectivity index (χ4v) is 4.16. The van der Waals surface area contributed by atoms with Gasteiger partial charge in [0.1, 0.15) is 30.3 Å². The van der Waals surface area contributed by atoms with Crippen molar-refractivity contribution in [3.63, 3.8) is 0 Å². The maximum Gasteiger partial charge on any atom is 0.221 e. The Labute approximate surface area is 170 Å². The Morgan fingerprint density at radius 1 is 1.38 bits per heavy atom. The third kappa shape index (κ3) is 4.34. The van der Waals surface area contributed by atoms with Crippen molar-refractivity contribution in [3.8, 4) is 16.2 Å². The number of nitrogens with zero attached hydrogens (tertiary/aromatic N) is 3. The smallest absolute Gasteiger partial charge is 0.221 e. The number of hydrogen-bond acceptors (Lipinski definition) is 6. The Kier molecular flexibility index (Phi) is 5.39. The maximum atomic E-state index is 14.1. The van der Waals surface area contributed by atoms with Crippen molar-refractivity contribution in [2.75, 3.05) is 6.54 Å². The SMILES string of the molecule is CC(=O)c1ccc(-c2cc(F)cc3c2OC(CNC(=O)CCn2cncn2)C3)s1. The van der Waals surface area contributed by atoms with Crippen LogP contribution in [0.25, 0.3) is 10.4 Å². The van der Waals surface area contributed by atoms with Crippen molar-refractivity contribution >= 4 is 23.0 Å². The van der Waals surface area contributed by atoms with Crippen molar-refractivity contribution in [1.29, 1.82) is 0 Å². The average Bonchev–Trinajstić information content (AvgIpc) is 3.44. The normalized spacial score (nSPS) is 15.0. The molecule has 9 heteroatoms. The molecule has 0 aliphatic carbocycles. The minimum atomic E-state index is -0.349. The number of fused-ring (bicyclic) bond motifs is 1. The standard InChI is InChI=1S/C20H19FN4O3S/c1-12(26)17-2-3-18(29-17)16-8-14(21)6-13-7-15(28-20(13)16)9-23-19(27)4-5-25-11-22-10-24-25/h2-3,6,8,10-11,15H,4-5,7,9H2,1H3,(H,23,27). The predicted octanol–water partition coefficient (Wildman–Crippen LogP) is 2.86. The molecular weight excluding hydrogens is 395 g/mol. The molecule has 1 aliphatic rings. The molecule has 1 aromatic carbocycles. The van der Waals surface area contributed by atoms with Crippen LogP contribution in [0.15, 0.2) is 36.9 Å². The number of thiophene rings is 1. The fraction of sp³-hybridized carbons (Fsp3) is 0.300. The van der Waals surface area contributed by atoms with Crippen LogP contribution in [0.5, 0.6) is 5.75 Å². The van der Waals surface area contributed by atoms with E-state index in [2.05, 4.69) is 15.4 Å². The van der Waals surface area contributed by atoms with Crippen molar-refractivity contribution < 1.29 is 18.7 Å². The van der Waals surface area contributed by atoms with Crippen molar-refractivity contribution in [3.05, 3.63) is 53.2 Å². The largest absolute Gasteiger partial charge is 0.487 e. The van der Waals surface area contributed by atoms with Crippen LogP contribution in [-0.4, -0.2) is 39.1 Å². The number of ether oxygens (including phenoxy) is 1. The highest BCUT2D eigenvalue weighted by Gasteiger charge is 2.28. The van der Waals surface area contributed by atoms with Gasteiger partial charge < -0.3 is 10.1 Å². The van der Waals surface area contributed by atoms with Crippen LogP contribution in [0.2, 0.25) is 0 Å². The number of hydrogen-bond donors (Lipinski definition) is 1. The zero-order valence-electron chi connectivity index (χ0n) is 15.7. The van der Waals surface area contributed by atoms with Crippen LogP contribution in [0, 0.1) is 5.82 Å². The van der Waals surface area contributed by atoms with E-state index < -0.39 is 0 Å². The molecule has 1 amide bonds. The summed E-state index contributed by atoms with van der Waals surface area (Å²) in [4.78, 5) is 28.9. The molecule has 1 aliphatic heterocycles. The van der Waals surface area contributed by atoms with Crippen LogP contribution in [0.3, 0.4) is 0 Å². The number of halogens is 1. The zero-order chi connectivity index (χ0) is 20.4. The molecule has 0 bridgehead atoms. The van der Waals surface area contributed by atoms with Gasteiger partial charge in [0.2, 0.25) is 5.91 Å². The molecule has 150 valence electrons. The Morgan fingerprint density at radius 2 is 2.24 bits per heavy atom. The third-order valence-electron chi connectivity index (χ3n) is 4.64. The van der Waals surface area contributed by atoms with Gasteiger partial charge in [-0.05, 0) is 31.2 Å². The summed E-state index contributed by atoms with van der Waals surface area (Å²) in [6.45, 7) is 2.28. The van der Waals surface area contributed by atoms with Crippen LogP contribution in [-0.2, 0) is 17.8 Å². The molecule has 3 aromatic rings. The molecule has 1 N–H and O–H groups in total. The lowest BCUT2D eigenvalue weighted by atomic mass is 10.0. The number of Topliss-reactive ketones (excluding diaryl/α,β-unsaturated/α-hetero) is 1.